The first-order valence-electron chi connectivity index (χ1n) is 9.31. The number of aliphatic imine (C=N–C) groups is 1. The topological polar surface area (TPSA) is 69.8 Å². The van der Waals surface area contributed by atoms with E-state index in [4.69, 9.17) is 9.52 Å². The molecule has 0 aliphatic carbocycles. The molecule has 0 spiro atoms. The number of nitrogens with zero attached hydrogens (tertiary/aromatic N) is 5. The highest BCUT2D eigenvalue weighted by Gasteiger charge is 2.20. The minimum Gasteiger partial charge on any atom is -0.364 e. The summed E-state index contributed by atoms with van der Waals surface area (Å²) < 4.78 is 4.91. The number of hydrogen-bond acceptors (Lipinski definition) is 5. The van der Waals surface area contributed by atoms with E-state index in [9.17, 15) is 0 Å². The third-order valence-corrected chi connectivity index (χ3v) is 4.52. The van der Waals surface area contributed by atoms with Gasteiger partial charge in [0.05, 0.1) is 5.69 Å². The van der Waals surface area contributed by atoms with Gasteiger partial charge in [0, 0.05) is 63.8 Å². The molecule has 1 aliphatic heterocycles. The third-order valence-electron chi connectivity index (χ3n) is 4.52. The van der Waals surface area contributed by atoms with Crippen molar-refractivity contribution in [2.45, 2.75) is 26.8 Å². The highest BCUT2D eigenvalue weighted by Crippen LogP contribution is 2.08. The lowest BCUT2D eigenvalue weighted by molar-refractivity contribution is 0.169. The smallest absolute Gasteiger partial charge is 0.194 e. The van der Waals surface area contributed by atoms with Crippen molar-refractivity contribution < 1.29 is 4.52 Å². The van der Waals surface area contributed by atoms with E-state index in [2.05, 4.69) is 44.3 Å². The van der Waals surface area contributed by atoms with E-state index in [1.165, 1.54) is 5.56 Å². The van der Waals surface area contributed by atoms with Crippen LogP contribution < -0.4 is 5.32 Å². The molecule has 27 heavy (non-hydrogen) atoms. The largest absolute Gasteiger partial charge is 0.364 e. The van der Waals surface area contributed by atoms with Crippen LogP contribution in [0.4, 0.5) is 0 Å². The lowest BCUT2D eigenvalue weighted by Gasteiger charge is -2.36. The summed E-state index contributed by atoms with van der Waals surface area (Å²) >= 11 is 0. The molecule has 0 atom stereocenters. The number of rotatable bonds is 6. The Morgan fingerprint density at radius 2 is 2.04 bits per heavy atom. The van der Waals surface area contributed by atoms with Gasteiger partial charge in [-0.25, -0.2) is 0 Å². The van der Waals surface area contributed by atoms with Crippen molar-refractivity contribution in [2.75, 3.05) is 39.3 Å². The third kappa shape index (κ3) is 6.76. The van der Waals surface area contributed by atoms with Gasteiger partial charge in [-0.3, -0.25) is 14.9 Å². The Balaban J connectivity index is 0.00000261. The van der Waals surface area contributed by atoms with Gasteiger partial charge >= 0.3 is 0 Å². The van der Waals surface area contributed by atoms with Gasteiger partial charge in [-0.15, -0.1) is 24.0 Å². The van der Waals surface area contributed by atoms with Crippen molar-refractivity contribution in [1.29, 1.82) is 0 Å². The fourth-order valence-electron chi connectivity index (χ4n) is 3.03. The molecular formula is C19H29IN6O. The van der Waals surface area contributed by atoms with Gasteiger partial charge in [0.25, 0.3) is 0 Å². The van der Waals surface area contributed by atoms with Crippen molar-refractivity contribution in [3.63, 3.8) is 0 Å². The van der Waals surface area contributed by atoms with Gasteiger partial charge in [0.2, 0.25) is 0 Å². The van der Waals surface area contributed by atoms with Crippen LogP contribution in [0.1, 0.15) is 23.9 Å². The van der Waals surface area contributed by atoms with Gasteiger partial charge in [0.15, 0.2) is 5.96 Å². The Morgan fingerprint density at radius 1 is 1.22 bits per heavy atom. The second kappa shape index (κ2) is 11.2. The fourth-order valence-corrected chi connectivity index (χ4v) is 3.03. The van der Waals surface area contributed by atoms with Crippen LogP contribution in [0.5, 0.6) is 0 Å². The van der Waals surface area contributed by atoms with E-state index < -0.39 is 0 Å². The van der Waals surface area contributed by atoms with Crippen LogP contribution >= 0.6 is 24.0 Å². The summed E-state index contributed by atoms with van der Waals surface area (Å²) in [6.45, 7) is 10.5. The summed E-state index contributed by atoms with van der Waals surface area (Å²) in [4.78, 5) is 13.9. The van der Waals surface area contributed by atoms with E-state index in [1.54, 1.807) is 6.26 Å². The maximum absolute atomic E-state index is 4.91. The molecule has 148 valence electrons. The molecule has 3 rings (SSSR count). The first-order valence-corrected chi connectivity index (χ1v) is 9.31. The second-order valence-corrected chi connectivity index (χ2v) is 6.55. The van der Waals surface area contributed by atoms with E-state index in [1.807, 2.05) is 19.2 Å². The zero-order valence-electron chi connectivity index (χ0n) is 16.1. The molecule has 1 fully saturated rings. The lowest BCUT2D eigenvalue weighted by Crippen LogP contribution is -2.52. The zero-order chi connectivity index (χ0) is 18.2. The van der Waals surface area contributed by atoms with Gasteiger partial charge in [-0.05, 0) is 31.9 Å². The molecule has 1 N–H and O–H groups in total. The van der Waals surface area contributed by atoms with Crippen LogP contribution in [0.3, 0.4) is 0 Å². The van der Waals surface area contributed by atoms with E-state index in [-0.39, 0.29) is 24.0 Å². The van der Waals surface area contributed by atoms with Gasteiger partial charge in [-0.1, -0.05) is 11.2 Å². The minimum absolute atomic E-state index is 0. The number of hydrogen-bond donors (Lipinski definition) is 1. The number of aryl methyl sites for hydroxylation is 1. The first kappa shape index (κ1) is 21.6. The average molecular weight is 484 g/mol. The summed E-state index contributed by atoms with van der Waals surface area (Å²) in [5.74, 6) is 1.01. The molecular weight excluding hydrogens is 455 g/mol. The Hall–Kier alpha value is -1.68. The van der Waals surface area contributed by atoms with Crippen molar-refractivity contribution in [1.82, 2.24) is 25.3 Å². The second-order valence-electron chi connectivity index (χ2n) is 6.55. The highest BCUT2D eigenvalue weighted by molar-refractivity contribution is 14.0. The maximum Gasteiger partial charge on any atom is 0.194 e. The predicted molar refractivity (Wildman–Crippen MR) is 117 cm³/mol. The van der Waals surface area contributed by atoms with Crippen LogP contribution in [-0.2, 0) is 13.0 Å². The predicted octanol–water partition coefficient (Wildman–Crippen LogP) is 2.32. The standard InChI is InChI=1S/C19H28N6O.HI/c1-3-20-19(21-8-6-17-5-4-16(2)22-14-17)25-11-9-24(10-12-25)15-18-7-13-26-23-18;/h4-5,7,13-14H,3,6,8-12,15H2,1-2H3,(H,20,21);1H. The molecule has 1 saturated heterocycles. The summed E-state index contributed by atoms with van der Waals surface area (Å²) in [6, 6.07) is 6.11. The summed E-state index contributed by atoms with van der Waals surface area (Å²) in [6.07, 6.45) is 4.49. The molecule has 7 nitrogen and oxygen atoms in total. The van der Waals surface area contributed by atoms with Crippen LogP contribution in [0.15, 0.2) is 40.2 Å². The first-order chi connectivity index (χ1) is 12.7. The molecule has 0 radical (unpaired) electrons. The number of pyridine rings is 1. The number of halogens is 1. The van der Waals surface area contributed by atoms with E-state index in [0.29, 0.717) is 0 Å². The Labute approximate surface area is 178 Å². The molecule has 0 aromatic carbocycles. The van der Waals surface area contributed by atoms with Crippen LogP contribution in [0, 0.1) is 6.92 Å². The number of nitrogens with one attached hydrogen (secondary N) is 1. The summed E-state index contributed by atoms with van der Waals surface area (Å²) in [5.41, 5.74) is 3.27. The van der Waals surface area contributed by atoms with Gasteiger partial charge < -0.3 is 14.7 Å². The maximum atomic E-state index is 4.91. The molecule has 0 bridgehead atoms. The molecule has 3 heterocycles. The molecule has 0 unspecified atom stereocenters. The van der Waals surface area contributed by atoms with Gasteiger partial charge in [-0.2, -0.15) is 0 Å². The molecule has 1 aliphatic rings. The fraction of sp³-hybridized carbons (Fsp3) is 0.526. The molecule has 2 aromatic heterocycles. The van der Waals surface area contributed by atoms with Crippen molar-refractivity contribution in [3.05, 3.63) is 47.6 Å². The van der Waals surface area contributed by atoms with Gasteiger partial charge in [0.1, 0.15) is 6.26 Å². The van der Waals surface area contributed by atoms with Crippen molar-refractivity contribution in [2.24, 2.45) is 4.99 Å². The molecule has 2 aromatic rings. The van der Waals surface area contributed by atoms with Crippen LogP contribution in [0.2, 0.25) is 0 Å². The SMILES string of the molecule is CCNC(=NCCc1ccc(C)nc1)N1CCN(Cc2ccon2)CC1.I. The number of piperazine rings is 1. The summed E-state index contributed by atoms with van der Waals surface area (Å²) in [7, 11) is 0. The monoisotopic (exact) mass is 484 g/mol. The van der Waals surface area contributed by atoms with E-state index >= 15 is 0 Å². The van der Waals surface area contributed by atoms with Crippen molar-refractivity contribution in [3.8, 4) is 0 Å². The highest BCUT2D eigenvalue weighted by atomic mass is 127. The minimum atomic E-state index is 0. The normalized spacial score (nSPS) is 15.5. The molecule has 0 saturated carbocycles. The van der Waals surface area contributed by atoms with E-state index in [0.717, 1.165) is 69.6 Å². The molecule has 8 heteroatoms. The number of guanidine groups is 1. The Bertz CT molecular complexity index is 681. The summed E-state index contributed by atoms with van der Waals surface area (Å²) in [5, 5.41) is 7.42. The lowest BCUT2D eigenvalue weighted by atomic mass is 10.2. The average Bonchev–Trinajstić information content (AvgIpc) is 3.16. The van der Waals surface area contributed by atoms with Crippen molar-refractivity contribution >= 4 is 29.9 Å². The zero-order valence-corrected chi connectivity index (χ0v) is 18.4. The number of aromatic nitrogens is 2. The quantitative estimate of drug-likeness (QED) is 0.386. The Kier molecular flexibility index (Phi) is 8.99. The van der Waals surface area contributed by atoms with Crippen LogP contribution in [-0.4, -0.2) is 65.2 Å². The molecule has 0 amide bonds. The Morgan fingerprint density at radius 3 is 2.67 bits per heavy atom. The van der Waals surface area contributed by atoms with Crippen LogP contribution in [0.25, 0.3) is 0 Å².